The Hall–Kier alpha value is -5.10. The third-order valence-corrected chi connectivity index (χ3v) is 8.43. The van der Waals surface area contributed by atoms with Gasteiger partial charge in [-0.15, -0.1) is 0 Å². The molecule has 1 aliphatic rings. The van der Waals surface area contributed by atoms with Gasteiger partial charge in [-0.2, -0.15) is 0 Å². The number of anilines is 2. The lowest BCUT2D eigenvalue weighted by Gasteiger charge is -2.30. The molecule has 6 aromatic rings. The van der Waals surface area contributed by atoms with Gasteiger partial charge in [-0.3, -0.25) is 28.9 Å². The molecular formula is C33H29N6O5-. The zero-order valence-corrected chi connectivity index (χ0v) is 24.0. The van der Waals surface area contributed by atoms with Gasteiger partial charge in [0, 0.05) is 35.1 Å². The number of rotatable bonds is 10. The number of hydrogen-bond acceptors (Lipinski definition) is 9. The number of pyridine rings is 1. The topological polar surface area (TPSA) is 134 Å². The largest absolute Gasteiger partial charge is 0.733 e. The summed E-state index contributed by atoms with van der Waals surface area (Å²) in [5.74, 6) is -0.844. The van der Waals surface area contributed by atoms with Crippen molar-refractivity contribution < 1.29 is 14.8 Å². The highest BCUT2D eigenvalue weighted by Crippen LogP contribution is 2.34. The smallest absolute Gasteiger partial charge is 0.261 e. The third-order valence-electron chi connectivity index (χ3n) is 8.43. The average Bonchev–Trinajstić information content (AvgIpc) is 3.47. The maximum Gasteiger partial charge on any atom is 0.261 e. The van der Waals surface area contributed by atoms with E-state index in [0.717, 1.165) is 35.2 Å². The molecule has 2 N–H and O–H groups in total. The molecule has 0 atom stereocenters. The number of carbonyl (C=O) groups is 2. The fraction of sp³-hybridized carbons (Fsp3) is 0.212. The van der Waals surface area contributed by atoms with E-state index in [2.05, 4.69) is 15.2 Å². The van der Waals surface area contributed by atoms with Gasteiger partial charge in [0.25, 0.3) is 11.8 Å². The average molecular weight is 590 g/mol. The first-order valence-corrected chi connectivity index (χ1v) is 14.5. The van der Waals surface area contributed by atoms with Crippen molar-refractivity contribution in [1.29, 1.82) is 0 Å². The molecule has 0 fully saturated rings. The highest BCUT2D eigenvalue weighted by molar-refractivity contribution is 6.26. The van der Waals surface area contributed by atoms with E-state index >= 15 is 0 Å². The minimum Gasteiger partial charge on any atom is -0.733 e. The number of fused-ring (bicyclic) bond motifs is 2. The third kappa shape index (κ3) is 4.49. The predicted octanol–water partition coefficient (Wildman–Crippen LogP) is 4.71. The number of benzene rings is 4. The normalized spacial score (nSPS) is 13.3. The van der Waals surface area contributed by atoms with E-state index in [1.807, 2.05) is 47.8 Å². The molecule has 0 radical (unpaired) electrons. The van der Waals surface area contributed by atoms with Gasteiger partial charge in [-0.1, -0.05) is 24.3 Å². The van der Waals surface area contributed by atoms with Gasteiger partial charge in [0.1, 0.15) is 6.33 Å². The Morgan fingerprint density at radius 2 is 1.70 bits per heavy atom. The number of nitrogens with one attached hydrogen (secondary N) is 1. The maximum absolute atomic E-state index is 13.4. The summed E-state index contributed by atoms with van der Waals surface area (Å²) in [4.78, 5) is 47.8. The summed E-state index contributed by atoms with van der Waals surface area (Å²) in [6, 6.07) is 19.2. The van der Waals surface area contributed by atoms with Crippen LogP contribution >= 0.6 is 0 Å². The van der Waals surface area contributed by atoms with Crippen molar-refractivity contribution in [3.05, 3.63) is 99.6 Å². The molecule has 7 rings (SSSR count). The van der Waals surface area contributed by atoms with Crippen molar-refractivity contribution >= 4 is 61.3 Å². The second kappa shape index (κ2) is 10.9. The van der Waals surface area contributed by atoms with E-state index in [1.165, 1.54) is 17.0 Å². The van der Waals surface area contributed by atoms with Crippen LogP contribution < -0.4 is 16.0 Å². The van der Waals surface area contributed by atoms with Crippen LogP contribution in [-0.4, -0.2) is 69.4 Å². The lowest BCUT2D eigenvalue weighted by Crippen LogP contribution is -2.41. The second-order valence-corrected chi connectivity index (χ2v) is 11.2. The van der Waals surface area contributed by atoms with Gasteiger partial charge in [-0.05, 0) is 80.8 Å². The lowest BCUT2D eigenvalue weighted by molar-refractivity contribution is 0.0605. The van der Waals surface area contributed by atoms with Crippen LogP contribution in [0.15, 0.2) is 77.9 Å². The van der Waals surface area contributed by atoms with Crippen molar-refractivity contribution in [2.75, 3.05) is 43.8 Å². The zero-order valence-electron chi connectivity index (χ0n) is 24.0. The summed E-state index contributed by atoms with van der Waals surface area (Å²) in [7, 11) is 1.99. The Labute approximate surface area is 251 Å². The molecule has 0 unspecified atom stereocenters. The number of carbonyl (C=O) groups excluding carboxylic acids is 2. The monoisotopic (exact) mass is 589 g/mol. The minimum atomic E-state index is -0.478. The molecule has 11 nitrogen and oxygen atoms in total. The van der Waals surface area contributed by atoms with Crippen molar-refractivity contribution in [1.82, 2.24) is 19.2 Å². The molecule has 2 amide bonds. The molecule has 0 saturated carbocycles. The van der Waals surface area contributed by atoms with E-state index < -0.39 is 5.91 Å². The molecule has 3 heterocycles. The second-order valence-electron chi connectivity index (χ2n) is 11.2. The SMILES string of the molecule is CN(CCCNc1ccc2ncn3c4ccccc4c(=O)c1c23)CCCN1C(=O)c2cccc3cc(N([O-])O)cc(c23)C1=O. The molecule has 0 saturated heterocycles. The summed E-state index contributed by atoms with van der Waals surface area (Å²) in [6.45, 7) is 2.30. The Balaban J connectivity index is 0.975. The molecule has 1 aliphatic heterocycles. The predicted molar refractivity (Wildman–Crippen MR) is 170 cm³/mol. The van der Waals surface area contributed by atoms with E-state index in [4.69, 9.17) is 0 Å². The Morgan fingerprint density at radius 3 is 2.55 bits per heavy atom. The molecule has 222 valence electrons. The summed E-state index contributed by atoms with van der Waals surface area (Å²) >= 11 is 0. The van der Waals surface area contributed by atoms with E-state index in [0.29, 0.717) is 46.6 Å². The summed E-state index contributed by atoms with van der Waals surface area (Å²) < 4.78 is 1.97. The quantitative estimate of drug-likeness (QED) is 0.101. The number of imide groups is 1. The van der Waals surface area contributed by atoms with Gasteiger partial charge >= 0.3 is 0 Å². The molecule has 0 aliphatic carbocycles. The first-order chi connectivity index (χ1) is 21.3. The van der Waals surface area contributed by atoms with Crippen LogP contribution in [0, 0.1) is 5.21 Å². The number of imidazole rings is 1. The molecule has 0 spiro atoms. The van der Waals surface area contributed by atoms with Crippen LogP contribution in [0.4, 0.5) is 11.4 Å². The first-order valence-electron chi connectivity index (χ1n) is 14.5. The van der Waals surface area contributed by atoms with Gasteiger partial charge in [-0.25, -0.2) is 4.98 Å². The Bertz CT molecular complexity index is 2140. The lowest BCUT2D eigenvalue weighted by atomic mass is 9.93. The number of nitrogens with zero attached hydrogens (tertiary/aromatic N) is 5. The highest BCUT2D eigenvalue weighted by atomic mass is 16.8. The van der Waals surface area contributed by atoms with Crippen LogP contribution in [0.3, 0.4) is 0 Å². The van der Waals surface area contributed by atoms with Crippen molar-refractivity contribution in [2.24, 2.45) is 0 Å². The molecule has 11 heteroatoms. The number of amides is 2. The van der Waals surface area contributed by atoms with Crippen LogP contribution in [0.2, 0.25) is 0 Å². The zero-order chi connectivity index (χ0) is 30.5. The molecule has 2 aromatic heterocycles. The van der Waals surface area contributed by atoms with E-state index in [1.54, 1.807) is 24.5 Å². The van der Waals surface area contributed by atoms with Gasteiger partial charge < -0.3 is 20.7 Å². The number of aromatic nitrogens is 2. The Kier molecular flexibility index (Phi) is 6.85. The highest BCUT2D eigenvalue weighted by Gasteiger charge is 2.33. The maximum atomic E-state index is 13.4. The molecular weight excluding hydrogens is 560 g/mol. The molecule has 0 bridgehead atoms. The number of para-hydroxylation sites is 1. The van der Waals surface area contributed by atoms with Gasteiger partial charge in [0.05, 0.1) is 33.2 Å². The van der Waals surface area contributed by atoms with Crippen molar-refractivity contribution in [2.45, 2.75) is 12.8 Å². The van der Waals surface area contributed by atoms with Crippen molar-refractivity contribution in [3.63, 3.8) is 0 Å². The minimum absolute atomic E-state index is 0.0163. The number of hydrogen-bond donors (Lipinski definition) is 2. The van der Waals surface area contributed by atoms with E-state index in [-0.39, 0.29) is 34.4 Å². The van der Waals surface area contributed by atoms with Gasteiger partial charge in [0.2, 0.25) is 0 Å². The van der Waals surface area contributed by atoms with Crippen LogP contribution in [-0.2, 0) is 0 Å². The fourth-order valence-electron chi connectivity index (χ4n) is 6.31. The standard InChI is InChI=1S/C33H29N6O5/c1-36(15-6-16-37-32(41)23-9-4-7-20-17-21(39(43)44)18-24(28(20)23)33(37)42)14-5-13-34-25-11-12-26-30-29(25)31(40)22-8-2-3-10-27(22)38(30)19-35-26/h2-4,7-12,17-19,34,43H,5-6,13-16H2,1H3/q-1. The van der Waals surface area contributed by atoms with Gasteiger partial charge in [0.15, 0.2) is 5.43 Å². The van der Waals surface area contributed by atoms with Crippen LogP contribution in [0.5, 0.6) is 0 Å². The first kappa shape index (κ1) is 27.7. The Morgan fingerprint density at radius 1 is 0.909 bits per heavy atom. The summed E-state index contributed by atoms with van der Waals surface area (Å²) in [5.41, 5.74) is 3.76. The fourth-order valence-corrected chi connectivity index (χ4v) is 6.31. The van der Waals surface area contributed by atoms with Crippen LogP contribution in [0.25, 0.3) is 38.1 Å². The summed E-state index contributed by atoms with van der Waals surface area (Å²) in [5, 5.41) is 26.5. The molecule has 4 aromatic carbocycles. The van der Waals surface area contributed by atoms with Crippen molar-refractivity contribution in [3.8, 4) is 0 Å². The van der Waals surface area contributed by atoms with Crippen LogP contribution in [0.1, 0.15) is 33.6 Å². The van der Waals surface area contributed by atoms with E-state index in [9.17, 15) is 24.8 Å². The molecule has 44 heavy (non-hydrogen) atoms. The summed E-state index contributed by atoms with van der Waals surface area (Å²) in [6.07, 6.45) is 3.14.